The van der Waals surface area contributed by atoms with Crippen molar-refractivity contribution in [2.45, 2.75) is 58.7 Å². The molecule has 21 heavy (non-hydrogen) atoms. The van der Waals surface area contributed by atoms with Gasteiger partial charge in [0.15, 0.2) is 0 Å². The van der Waals surface area contributed by atoms with Gasteiger partial charge in [-0.1, -0.05) is 19.1 Å². The molecule has 0 saturated carbocycles. The van der Waals surface area contributed by atoms with Crippen LogP contribution in [0.1, 0.15) is 52.6 Å². The zero-order valence-corrected chi connectivity index (χ0v) is 14.7. The van der Waals surface area contributed by atoms with E-state index in [1.807, 2.05) is 20.9 Å². The summed E-state index contributed by atoms with van der Waals surface area (Å²) in [6.07, 6.45) is 1.36. The smallest absolute Gasteiger partial charge is 0.119 e. The highest BCUT2D eigenvalue weighted by Gasteiger charge is 2.23. The molecule has 0 spiro atoms. The van der Waals surface area contributed by atoms with Crippen molar-refractivity contribution in [1.29, 1.82) is 0 Å². The Morgan fingerprint density at radius 1 is 1.19 bits per heavy atom. The number of hydrogen-bond donors (Lipinski definition) is 1. The molecule has 3 nitrogen and oxygen atoms in total. The second-order valence-electron chi connectivity index (χ2n) is 6.62. The van der Waals surface area contributed by atoms with E-state index in [2.05, 4.69) is 62.3 Å². The minimum absolute atomic E-state index is 0.215. The van der Waals surface area contributed by atoms with Gasteiger partial charge in [-0.25, -0.2) is 0 Å². The summed E-state index contributed by atoms with van der Waals surface area (Å²) in [6.45, 7) is 11.9. The second-order valence-corrected chi connectivity index (χ2v) is 6.62. The average molecular weight is 292 g/mol. The second kappa shape index (κ2) is 7.81. The van der Waals surface area contributed by atoms with Crippen molar-refractivity contribution in [1.82, 2.24) is 10.2 Å². The van der Waals surface area contributed by atoms with Crippen LogP contribution in [0, 0.1) is 0 Å². The van der Waals surface area contributed by atoms with E-state index in [1.165, 1.54) is 5.56 Å². The molecular weight excluding hydrogens is 260 g/mol. The molecule has 0 heterocycles. The van der Waals surface area contributed by atoms with Crippen LogP contribution in [0.5, 0.6) is 5.75 Å². The average Bonchev–Trinajstić information content (AvgIpc) is 2.44. The number of rotatable bonds is 8. The third-order valence-corrected chi connectivity index (χ3v) is 4.36. The van der Waals surface area contributed by atoms with Gasteiger partial charge in [-0.05, 0) is 65.9 Å². The normalized spacial score (nSPS) is 13.8. The first-order chi connectivity index (χ1) is 9.80. The lowest BCUT2D eigenvalue weighted by Crippen LogP contribution is -2.44. The molecule has 1 rings (SSSR count). The summed E-state index contributed by atoms with van der Waals surface area (Å²) < 4.78 is 5.70. The summed E-state index contributed by atoms with van der Waals surface area (Å²) in [5.41, 5.74) is 1.52. The minimum atomic E-state index is 0.215. The summed E-state index contributed by atoms with van der Waals surface area (Å²) in [7, 11) is 4.22. The highest BCUT2D eigenvalue weighted by Crippen LogP contribution is 2.23. The predicted molar refractivity (Wildman–Crippen MR) is 91.0 cm³/mol. The van der Waals surface area contributed by atoms with Crippen LogP contribution in [0.4, 0.5) is 0 Å². The van der Waals surface area contributed by atoms with Gasteiger partial charge in [-0.15, -0.1) is 0 Å². The zero-order valence-electron chi connectivity index (χ0n) is 14.7. The lowest BCUT2D eigenvalue weighted by molar-refractivity contribution is 0.137. The number of hydrogen-bond acceptors (Lipinski definition) is 3. The predicted octanol–water partition coefficient (Wildman–Crippen LogP) is 3.85. The molecule has 0 bridgehead atoms. The number of likely N-dealkylation sites (N-methyl/N-ethyl adjacent to an activating group) is 2. The van der Waals surface area contributed by atoms with Gasteiger partial charge in [0.25, 0.3) is 0 Å². The summed E-state index contributed by atoms with van der Waals surface area (Å²) >= 11 is 0. The van der Waals surface area contributed by atoms with Gasteiger partial charge in [0, 0.05) is 18.1 Å². The number of nitrogens with one attached hydrogen (secondary N) is 1. The van der Waals surface area contributed by atoms with Gasteiger partial charge >= 0.3 is 0 Å². The molecule has 1 aromatic rings. The van der Waals surface area contributed by atoms with E-state index in [-0.39, 0.29) is 11.6 Å². The van der Waals surface area contributed by atoms with E-state index in [0.29, 0.717) is 6.04 Å². The van der Waals surface area contributed by atoms with Crippen molar-refractivity contribution < 1.29 is 4.74 Å². The van der Waals surface area contributed by atoms with Crippen LogP contribution in [0.15, 0.2) is 24.3 Å². The maximum absolute atomic E-state index is 5.70. The van der Waals surface area contributed by atoms with Crippen molar-refractivity contribution >= 4 is 0 Å². The first kappa shape index (κ1) is 18.0. The molecule has 1 unspecified atom stereocenters. The van der Waals surface area contributed by atoms with Crippen molar-refractivity contribution in [2.75, 3.05) is 20.6 Å². The molecule has 0 saturated heterocycles. The summed E-state index contributed by atoms with van der Waals surface area (Å²) in [5.74, 6) is 0.936. The monoisotopic (exact) mass is 292 g/mol. The summed E-state index contributed by atoms with van der Waals surface area (Å²) in [6, 6.07) is 8.76. The largest absolute Gasteiger partial charge is 0.491 e. The maximum Gasteiger partial charge on any atom is 0.119 e. The van der Waals surface area contributed by atoms with Gasteiger partial charge in [0.05, 0.1) is 6.10 Å². The van der Waals surface area contributed by atoms with E-state index in [1.54, 1.807) is 0 Å². The van der Waals surface area contributed by atoms with Crippen molar-refractivity contribution in [3.63, 3.8) is 0 Å². The summed E-state index contributed by atoms with van der Waals surface area (Å²) in [5, 5.41) is 3.42. The Balaban J connectivity index is 2.76. The lowest BCUT2D eigenvalue weighted by atomic mass is 9.98. The Labute approximate surface area is 130 Å². The maximum atomic E-state index is 5.70. The van der Waals surface area contributed by atoms with Crippen LogP contribution in [0.25, 0.3) is 0 Å². The Hall–Kier alpha value is -1.06. The Kier molecular flexibility index (Phi) is 6.69. The van der Waals surface area contributed by atoms with Gasteiger partial charge < -0.3 is 10.1 Å². The van der Waals surface area contributed by atoms with E-state index < -0.39 is 0 Å². The molecule has 1 N–H and O–H groups in total. The molecule has 0 aliphatic carbocycles. The zero-order chi connectivity index (χ0) is 16.0. The highest BCUT2D eigenvalue weighted by molar-refractivity contribution is 5.29. The van der Waals surface area contributed by atoms with Crippen LogP contribution in [0.3, 0.4) is 0 Å². The fourth-order valence-corrected chi connectivity index (χ4v) is 2.21. The molecule has 120 valence electrons. The Bertz CT molecular complexity index is 412. The molecule has 0 aliphatic rings. The fourth-order valence-electron chi connectivity index (χ4n) is 2.21. The van der Waals surface area contributed by atoms with Gasteiger partial charge in [-0.2, -0.15) is 0 Å². The molecule has 0 amide bonds. The third-order valence-electron chi connectivity index (χ3n) is 4.36. The third kappa shape index (κ3) is 5.33. The fraction of sp³-hybridized carbons (Fsp3) is 0.667. The molecule has 0 aromatic heterocycles. The Morgan fingerprint density at radius 3 is 2.19 bits per heavy atom. The number of ether oxygens (including phenoxy) is 1. The quantitative estimate of drug-likeness (QED) is 0.787. The molecular formula is C18H32N2O. The van der Waals surface area contributed by atoms with Crippen molar-refractivity contribution in [2.24, 2.45) is 0 Å². The van der Waals surface area contributed by atoms with Crippen LogP contribution in [-0.2, 0) is 0 Å². The van der Waals surface area contributed by atoms with Crippen LogP contribution in [-0.4, -0.2) is 37.2 Å². The Morgan fingerprint density at radius 2 is 1.76 bits per heavy atom. The molecule has 3 heteroatoms. The van der Waals surface area contributed by atoms with Gasteiger partial charge in [0.2, 0.25) is 0 Å². The molecule has 1 aromatic carbocycles. The topological polar surface area (TPSA) is 24.5 Å². The first-order valence-corrected chi connectivity index (χ1v) is 7.95. The van der Waals surface area contributed by atoms with E-state index in [9.17, 15) is 0 Å². The molecule has 0 radical (unpaired) electrons. The first-order valence-electron chi connectivity index (χ1n) is 7.95. The standard InChI is InChI=1S/C18H32N2O/c1-8-18(4,5)20(7)13-17(19-6)15-9-11-16(12-10-15)21-14(2)3/h9-12,14,17,19H,8,13H2,1-7H3. The lowest BCUT2D eigenvalue weighted by Gasteiger charge is -2.37. The van der Waals surface area contributed by atoms with Crippen LogP contribution in [0.2, 0.25) is 0 Å². The summed E-state index contributed by atoms with van der Waals surface area (Å²) in [4.78, 5) is 2.42. The number of benzene rings is 1. The SMILES string of the molecule is CCC(C)(C)N(C)CC(NC)c1ccc(OC(C)C)cc1. The molecule has 1 atom stereocenters. The van der Waals surface area contributed by atoms with E-state index in [0.717, 1.165) is 18.7 Å². The van der Waals surface area contributed by atoms with E-state index >= 15 is 0 Å². The minimum Gasteiger partial charge on any atom is -0.491 e. The van der Waals surface area contributed by atoms with Crippen molar-refractivity contribution in [3.8, 4) is 5.75 Å². The van der Waals surface area contributed by atoms with Gasteiger partial charge in [0.1, 0.15) is 5.75 Å². The van der Waals surface area contributed by atoms with E-state index in [4.69, 9.17) is 4.74 Å². The number of nitrogens with zero attached hydrogens (tertiary/aromatic N) is 1. The van der Waals surface area contributed by atoms with Crippen LogP contribution < -0.4 is 10.1 Å². The van der Waals surface area contributed by atoms with Crippen LogP contribution >= 0.6 is 0 Å². The highest BCUT2D eigenvalue weighted by atomic mass is 16.5. The molecule has 0 fully saturated rings. The molecule has 0 aliphatic heterocycles. The van der Waals surface area contributed by atoms with Crippen molar-refractivity contribution in [3.05, 3.63) is 29.8 Å². The van der Waals surface area contributed by atoms with Gasteiger partial charge in [-0.3, -0.25) is 4.90 Å².